The van der Waals surface area contributed by atoms with E-state index in [2.05, 4.69) is 17.2 Å². The lowest BCUT2D eigenvalue weighted by molar-refractivity contribution is -0.342. The minimum atomic E-state index is -1.69. The third-order valence-corrected chi connectivity index (χ3v) is 14.0. The number of aliphatic hydroxyl groups is 8. The highest BCUT2D eigenvalue weighted by Gasteiger charge is 2.75. The number of rotatable bonds is 7. The van der Waals surface area contributed by atoms with Crippen LogP contribution in [0.1, 0.15) is 82.9 Å². The molecule has 4 aliphatic carbocycles. The Kier molecular flexibility index (Phi) is 9.27. The van der Waals surface area contributed by atoms with Crippen molar-refractivity contribution in [2.45, 2.75) is 138 Å². The molecular formula is C36H52FN3O10. The van der Waals surface area contributed by atoms with Crippen molar-refractivity contribution in [3.05, 3.63) is 47.5 Å². The molecule has 16 atom stereocenters. The van der Waals surface area contributed by atoms with Crippen LogP contribution in [0.4, 0.5) is 4.39 Å². The van der Waals surface area contributed by atoms with Gasteiger partial charge in [0.2, 0.25) is 0 Å². The van der Waals surface area contributed by atoms with Gasteiger partial charge in [0.1, 0.15) is 24.1 Å². The summed E-state index contributed by atoms with van der Waals surface area (Å²) in [5.41, 5.74) is -3.63. The van der Waals surface area contributed by atoms with E-state index in [-0.39, 0.29) is 43.3 Å². The van der Waals surface area contributed by atoms with Gasteiger partial charge in [-0.3, -0.25) is 0 Å². The summed E-state index contributed by atoms with van der Waals surface area (Å²) in [5.74, 6) is -1.85. The molecule has 4 unspecified atom stereocenters. The van der Waals surface area contributed by atoms with Gasteiger partial charge in [0, 0.05) is 36.3 Å². The second-order valence-corrected chi connectivity index (χ2v) is 16.3. The van der Waals surface area contributed by atoms with Crippen molar-refractivity contribution >= 4 is 0 Å². The largest absolute Gasteiger partial charge is 0.396 e. The van der Waals surface area contributed by atoms with Crippen LogP contribution in [0.2, 0.25) is 0 Å². The van der Waals surface area contributed by atoms with E-state index in [0.29, 0.717) is 25.8 Å². The highest BCUT2D eigenvalue weighted by Crippen LogP contribution is 2.71. The third-order valence-electron chi connectivity index (χ3n) is 14.0. The Balaban J connectivity index is 1.11. The molecule has 4 saturated carbocycles. The number of hydrogen-bond acceptors (Lipinski definition) is 12. The number of aliphatic hydroxyl groups excluding tert-OH is 6. The Hall–Kier alpha value is -2.11. The van der Waals surface area contributed by atoms with Crippen LogP contribution in [0.5, 0.6) is 0 Å². The maximum atomic E-state index is 13.4. The van der Waals surface area contributed by atoms with E-state index in [4.69, 9.17) is 9.47 Å². The van der Waals surface area contributed by atoms with Gasteiger partial charge in [-0.1, -0.05) is 31.2 Å². The maximum Gasteiger partial charge on any atom is 0.186 e. The summed E-state index contributed by atoms with van der Waals surface area (Å²) in [6.45, 7) is 5.41. The molecule has 0 radical (unpaired) electrons. The summed E-state index contributed by atoms with van der Waals surface area (Å²) in [6.07, 6.45) is -6.22. The van der Waals surface area contributed by atoms with Crippen LogP contribution in [0.25, 0.3) is 0 Å². The van der Waals surface area contributed by atoms with Crippen LogP contribution in [0.15, 0.2) is 30.5 Å². The Morgan fingerprint density at radius 3 is 2.44 bits per heavy atom. The average molecular weight is 706 g/mol. The van der Waals surface area contributed by atoms with Crippen molar-refractivity contribution in [2.24, 2.45) is 28.6 Å². The minimum Gasteiger partial charge on any atom is -0.396 e. The zero-order valence-electron chi connectivity index (χ0n) is 28.8. The molecule has 0 amide bonds. The van der Waals surface area contributed by atoms with E-state index in [1.54, 1.807) is 16.8 Å². The van der Waals surface area contributed by atoms with Gasteiger partial charge in [-0.25, -0.2) is 9.07 Å². The lowest BCUT2D eigenvalue weighted by Gasteiger charge is -2.68. The Morgan fingerprint density at radius 1 is 1.02 bits per heavy atom. The number of aromatic nitrogens is 3. The molecule has 2 heterocycles. The molecule has 0 spiro atoms. The molecule has 7 rings (SSSR count). The molecule has 278 valence electrons. The predicted molar refractivity (Wildman–Crippen MR) is 173 cm³/mol. The maximum absolute atomic E-state index is 13.4. The molecule has 2 aromatic rings. The highest BCUT2D eigenvalue weighted by atomic mass is 19.1. The second kappa shape index (κ2) is 12.8. The van der Waals surface area contributed by atoms with Crippen LogP contribution in [-0.2, 0) is 16.0 Å². The fourth-order valence-electron chi connectivity index (χ4n) is 11.3. The van der Waals surface area contributed by atoms with Crippen LogP contribution >= 0.6 is 0 Å². The minimum absolute atomic E-state index is 0.0386. The molecular weight excluding hydrogens is 653 g/mol. The van der Waals surface area contributed by atoms with Gasteiger partial charge in [-0.05, 0) is 68.6 Å². The number of hydrogen-bond donors (Lipinski definition) is 8. The van der Waals surface area contributed by atoms with E-state index in [9.17, 15) is 45.2 Å². The first-order valence-corrected chi connectivity index (χ1v) is 18.0. The van der Waals surface area contributed by atoms with Gasteiger partial charge in [0.15, 0.2) is 6.29 Å². The molecule has 50 heavy (non-hydrogen) atoms. The van der Waals surface area contributed by atoms with Gasteiger partial charge in [-0.15, -0.1) is 5.10 Å². The summed E-state index contributed by atoms with van der Waals surface area (Å²) in [6, 6.07) is 6.21. The molecule has 1 aromatic heterocycles. The zero-order chi connectivity index (χ0) is 36.0. The Labute approximate surface area is 290 Å². The number of ether oxygens (including phenoxy) is 2. The van der Waals surface area contributed by atoms with Crippen LogP contribution in [0, 0.1) is 34.4 Å². The fraction of sp³-hybridized carbons (Fsp3) is 0.778. The van der Waals surface area contributed by atoms with Crippen molar-refractivity contribution in [3.63, 3.8) is 0 Å². The molecule has 0 bridgehead atoms. The van der Waals surface area contributed by atoms with E-state index in [0.717, 1.165) is 11.3 Å². The molecule has 5 fully saturated rings. The van der Waals surface area contributed by atoms with Crippen molar-refractivity contribution in [2.75, 3.05) is 6.61 Å². The molecule has 13 nitrogen and oxygen atoms in total. The molecule has 1 aromatic carbocycles. The van der Waals surface area contributed by atoms with Gasteiger partial charge in [0.25, 0.3) is 0 Å². The van der Waals surface area contributed by atoms with Crippen molar-refractivity contribution in [3.8, 4) is 0 Å². The SMILES string of the molecule is CC(c1cn(Cc2ccc(F)cc2)nn1)C1CC[C@]2(O)C3CC[C@]4(O)C[C@@H](O[C@@H]5O[C@@H](C)[C@H](O)[C@@H](O)[C@H]5O)C[C@@H](O)[C@]4(CO)C3[C@H](O)C[C@]12C. The van der Waals surface area contributed by atoms with Gasteiger partial charge < -0.3 is 50.3 Å². The summed E-state index contributed by atoms with van der Waals surface area (Å²) in [5, 5.41) is 99.8. The monoisotopic (exact) mass is 705 g/mol. The zero-order valence-corrected chi connectivity index (χ0v) is 28.8. The standard InChI is InChI=1S/C36H52FN3O10/c1-18(25-16-40(39-38-25)15-20-4-6-21(37)7-5-20)23-9-11-36(48)24-8-10-34(47)13-22(50-32-31(46)30(45)29(44)19(2)49-32)12-27(43)35(34,17-41)28(24)26(42)14-33(23,36)3/h4-7,16,18-19,22-24,26-32,41-48H,8-15,17H2,1-3H3/t18?,19-,22-,23?,24?,26+,27+,28?,29-,30+,31+,32-,33+,34-,35+,36-/m0/s1. The number of halogens is 1. The topological polar surface area (TPSA) is 211 Å². The molecule has 8 N–H and O–H groups in total. The van der Waals surface area contributed by atoms with Gasteiger partial charge in [-0.2, -0.15) is 0 Å². The first-order chi connectivity index (χ1) is 23.6. The molecule has 1 saturated heterocycles. The number of fused-ring (bicyclic) bond motifs is 5. The smallest absolute Gasteiger partial charge is 0.186 e. The van der Waals surface area contributed by atoms with Crippen molar-refractivity contribution in [1.82, 2.24) is 15.0 Å². The van der Waals surface area contributed by atoms with Crippen molar-refractivity contribution < 1.29 is 54.7 Å². The lowest BCUT2D eigenvalue weighted by atomic mass is 9.40. The van der Waals surface area contributed by atoms with E-state index in [1.165, 1.54) is 19.1 Å². The first kappa shape index (κ1) is 36.3. The Bertz CT molecular complexity index is 1530. The Morgan fingerprint density at radius 2 is 1.74 bits per heavy atom. The van der Waals surface area contributed by atoms with E-state index < -0.39 is 89.5 Å². The summed E-state index contributed by atoms with van der Waals surface area (Å²) < 4.78 is 26.7. The summed E-state index contributed by atoms with van der Waals surface area (Å²) in [4.78, 5) is 0. The van der Waals surface area contributed by atoms with E-state index in [1.807, 2.05) is 13.1 Å². The molecule has 1 aliphatic heterocycles. The predicted octanol–water partition coefficient (Wildman–Crippen LogP) is 0.584. The first-order valence-electron chi connectivity index (χ1n) is 18.0. The fourth-order valence-corrected chi connectivity index (χ4v) is 11.3. The van der Waals surface area contributed by atoms with Crippen LogP contribution in [0.3, 0.4) is 0 Å². The van der Waals surface area contributed by atoms with E-state index >= 15 is 0 Å². The molecule has 14 heteroatoms. The second-order valence-electron chi connectivity index (χ2n) is 16.3. The quantitative estimate of drug-likeness (QED) is 0.186. The van der Waals surface area contributed by atoms with Gasteiger partial charge in [0.05, 0.1) is 59.9 Å². The van der Waals surface area contributed by atoms with Crippen molar-refractivity contribution in [1.29, 1.82) is 0 Å². The number of nitrogens with zero attached hydrogens (tertiary/aromatic N) is 3. The lowest BCUT2D eigenvalue weighted by Crippen LogP contribution is -2.76. The number of benzene rings is 1. The van der Waals surface area contributed by atoms with Gasteiger partial charge >= 0.3 is 0 Å². The average Bonchev–Trinajstić information content (AvgIpc) is 3.64. The van der Waals surface area contributed by atoms with Crippen LogP contribution < -0.4 is 0 Å². The highest BCUT2D eigenvalue weighted by molar-refractivity contribution is 5.26. The normalized spacial score (nSPS) is 48.0. The summed E-state index contributed by atoms with van der Waals surface area (Å²) >= 11 is 0. The molecule has 5 aliphatic rings. The van der Waals surface area contributed by atoms with Crippen LogP contribution in [-0.4, -0.2) is 123 Å². The third kappa shape index (κ3) is 5.32. The summed E-state index contributed by atoms with van der Waals surface area (Å²) in [7, 11) is 0.